The zero-order valence-electron chi connectivity index (χ0n) is 14.3. The fourth-order valence-electron chi connectivity index (χ4n) is 2.47. The number of carbonyl (C=O) groups excluding carboxylic acids is 1. The Morgan fingerprint density at radius 1 is 1.07 bits per heavy atom. The van der Waals surface area contributed by atoms with Crippen LogP contribution < -0.4 is 14.8 Å². The maximum atomic E-state index is 13.6. The van der Waals surface area contributed by atoms with Gasteiger partial charge in [-0.1, -0.05) is 11.8 Å². The van der Waals surface area contributed by atoms with Crippen molar-refractivity contribution in [3.05, 3.63) is 48.0 Å². The number of thioether (sulfide) groups is 1. The fourth-order valence-corrected chi connectivity index (χ4v) is 3.03. The van der Waals surface area contributed by atoms with Gasteiger partial charge in [0.05, 0.1) is 11.4 Å². The van der Waals surface area contributed by atoms with Gasteiger partial charge < -0.3 is 19.2 Å². The summed E-state index contributed by atoms with van der Waals surface area (Å²) in [5.74, 6) is -0.635. The number of hydrogen-bond acceptors (Lipinski definition) is 7. The van der Waals surface area contributed by atoms with Crippen molar-refractivity contribution in [3.8, 4) is 23.0 Å². The van der Waals surface area contributed by atoms with E-state index in [-0.39, 0.29) is 22.6 Å². The van der Waals surface area contributed by atoms with E-state index in [1.54, 1.807) is 18.2 Å². The summed E-state index contributed by atoms with van der Waals surface area (Å²) < 4.78 is 43.0. The summed E-state index contributed by atoms with van der Waals surface area (Å²) in [5, 5.41) is 10.4. The van der Waals surface area contributed by atoms with Crippen molar-refractivity contribution in [1.29, 1.82) is 0 Å². The Hall–Kier alpha value is -3.14. The van der Waals surface area contributed by atoms with E-state index in [0.29, 0.717) is 36.3 Å². The Labute approximate surface area is 162 Å². The number of aromatic nitrogens is 2. The second-order valence-corrected chi connectivity index (χ2v) is 6.62. The number of nitrogens with one attached hydrogen (secondary N) is 1. The number of hydrogen-bond donors (Lipinski definition) is 1. The standard InChI is InChI=1S/C18H13F2N3O4S/c19-11-2-3-13(12(20)8-11)21-16(24)9-28-18-23-22-17(27-18)10-1-4-14-15(7-10)26-6-5-25-14/h1-4,7-8H,5-6,9H2,(H,21,24). The smallest absolute Gasteiger partial charge is 0.277 e. The monoisotopic (exact) mass is 405 g/mol. The van der Waals surface area contributed by atoms with Crippen LogP contribution in [0.25, 0.3) is 11.5 Å². The SMILES string of the molecule is O=C(CSc1nnc(-c2ccc3c(c2)OCCO3)o1)Nc1ccc(F)cc1F. The quantitative estimate of drug-likeness (QED) is 0.650. The van der Waals surface area contributed by atoms with Gasteiger partial charge in [0.25, 0.3) is 5.22 Å². The van der Waals surface area contributed by atoms with Gasteiger partial charge in [-0.3, -0.25) is 4.79 Å². The van der Waals surface area contributed by atoms with Crippen LogP contribution in [0.5, 0.6) is 11.5 Å². The van der Waals surface area contributed by atoms with Crippen molar-refractivity contribution < 1.29 is 27.5 Å². The Morgan fingerprint density at radius 2 is 1.89 bits per heavy atom. The maximum Gasteiger partial charge on any atom is 0.277 e. The molecule has 2 aromatic carbocycles. The molecule has 1 aliphatic rings. The molecular formula is C18H13F2N3O4S. The first-order valence-corrected chi connectivity index (χ1v) is 9.18. The third kappa shape index (κ3) is 4.06. The molecule has 0 radical (unpaired) electrons. The summed E-state index contributed by atoms with van der Waals surface area (Å²) in [7, 11) is 0. The van der Waals surface area contributed by atoms with Gasteiger partial charge in [-0.05, 0) is 30.3 Å². The fraction of sp³-hybridized carbons (Fsp3) is 0.167. The van der Waals surface area contributed by atoms with Gasteiger partial charge in [0.15, 0.2) is 11.5 Å². The third-order valence-electron chi connectivity index (χ3n) is 3.73. The molecule has 7 nitrogen and oxygen atoms in total. The molecule has 144 valence electrons. The molecule has 0 saturated heterocycles. The number of rotatable bonds is 5. The number of nitrogens with zero attached hydrogens (tertiary/aromatic N) is 2. The Balaban J connectivity index is 1.37. The lowest BCUT2D eigenvalue weighted by Gasteiger charge is -2.18. The molecule has 0 unspecified atom stereocenters. The molecule has 28 heavy (non-hydrogen) atoms. The van der Waals surface area contributed by atoms with Gasteiger partial charge in [0.1, 0.15) is 24.8 Å². The van der Waals surface area contributed by atoms with E-state index in [1.165, 1.54) is 0 Å². The minimum absolute atomic E-state index is 0.0837. The number of ether oxygens (including phenoxy) is 2. The molecule has 0 saturated carbocycles. The third-order valence-corrected chi connectivity index (χ3v) is 4.55. The highest BCUT2D eigenvalue weighted by atomic mass is 32.2. The number of anilines is 1. The van der Waals surface area contributed by atoms with Crippen LogP contribution in [0.3, 0.4) is 0 Å². The van der Waals surface area contributed by atoms with Crippen molar-refractivity contribution in [1.82, 2.24) is 10.2 Å². The number of halogens is 2. The molecule has 0 atom stereocenters. The molecule has 0 bridgehead atoms. The summed E-state index contributed by atoms with van der Waals surface area (Å²) in [6.45, 7) is 0.961. The summed E-state index contributed by atoms with van der Waals surface area (Å²) in [4.78, 5) is 11.9. The second-order valence-electron chi connectivity index (χ2n) is 5.69. The topological polar surface area (TPSA) is 86.5 Å². The van der Waals surface area contributed by atoms with Crippen LogP contribution in [-0.2, 0) is 4.79 Å². The minimum Gasteiger partial charge on any atom is -0.486 e. The van der Waals surface area contributed by atoms with Gasteiger partial charge in [0.2, 0.25) is 11.8 Å². The summed E-state index contributed by atoms with van der Waals surface area (Å²) in [6.07, 6.45) is 0. The normalized spacial score (nSPS) is 12.6. The van der Waals surface area contributed by atoms with Crippen LogP contribution in [0, 0.1) is 11.6 Å². The lowest BCUT2D eigenvalue weighted by atomic mass is 10.2. The molecule has 0 fully saturated rings. The van der Waals surface area contributed by atoms with Crippen LogP contribution in [-0.4, -0.2) is 35.1 Å². The van der Waals surface area contributed by atoms with E-state index in [0.717, 1.165) is 23.9 Å². The zero-order chi connectivity index (χ0) is 19.5. The second kappa shape index (κ2) is 7.85. The molecule has 10 heteroatoms. The summed E-state index contributed by atoms with van der Waals surface area (Å²) >= 11 is 0.996. The lowest BCUT2D eigenvalue weighted by molar-refractivity contribution is -0.113. The number of carbonyl (C=O) groups is 1. The Bertz CT molecular complexity index is 1030. The van der Waals surface area contributed by atoms with Crippen molar-refractivity contribution >= 4 is 23.4 Å². The van der Waals surface area contributed by atoms with Crippen molar-refractivity contribution in [2.75, 3.05) is 24.3 Å². The van der Waals surface area contributed by atoms with Gasteiger partial charge >= 0.3 is 0 Å². The van der Waals surface area contributed by atoms with Crippen molar-refractivity contribution in [2.45, 2.75) is 5.22 Å². The molecule has 1 N–H and O–H groups in total. The molecule has 3 aromatic rings. The number of benzene rings is 2. The van der Waals surface area contributed by atoms with E-state index in [1.807, 2.05) is 0 Å². The molecule has 0 aliphatic carbocycles. The Kier molecular flexibility index (Phi) is 5.11. The van der Waals surface area contributed by atoms with Crippen LogP contribution >= 0.6 is 11.8 Å². The molecule has 0 spiro atoms. The van der Waals surface area contributed by atoms with Crippen molar-refractivity contribution in [2.24, 2.45) is 0 Å². The first-order chi connectivity index (χ1) is 13.6. The van der Waals surface area contributed by atoms with Crippen molar-refractivity contribution in [3.63, 3.8) is 0 Å². The van der Waals surface area contributed by atoms with E-state index >= 15 is 0 Å². The summed E-state index contributed by atoms with van der Waals surface area (Å²) in [6, 6.07) is 8.16. The van der Waals surface area contributed by atoms with E-state index in [2.05, 4.69) is 15.5 Å². The molecule has 4 rings (SSSR count). The number of fused-ring (bicyclic) bond motifs is 1. The predicted octanol–water partition coefficient (Wildman–Crippen LogP) is 3.52. The van der Waals surface area contributed by atoms with E-state index in [9.17, 15) is 13.6 Å². The summed E-state index contributed by atoms with van der Waals surface area (Å²) in [5.41, 5.74) is 0.552. The zero-order valence-corrected chi connectivity index (χ0v) is 15.1. The highest BCUT2D eigenvalue weighted by Gasteiger charge is 2.16. The van der Waals surface area contributed by atoms with Gasteiger partial charge in [0, 0.05) is 11.6 Å². The first-order valence-electron chi connectivity index (χ1n) is 8.20. The van der Waals surface area contributed by atoms with Crippen LogP contribution in [0.4, 0.5) is 14.5 Å². The van der Waals surface area contributed by atoms with Crippen LogP contribution in [0.2, 0.25) is 0 Å². The molecule has 1 aromatic heterocycles. The Morgan fingerprint density at radius 3 is 2.71 bits per heavy atom. The first kappa shape index (κ1) is 18.2. The lowest BCUT2D eigenvalue weighted by Crippen LogP contribution is -2.15. The average molecular weight is 405 g/mol. The maximum absolute atomic E-state index is 13.6. The predicted molar refractivity (Wildman–Crippen MR) is 96.4 cm³/mol. The highest BCUT2D eigenvalue weighted by Crippen LogP contribution is 2.34. The number of amides is 1. The van der Waals surface area contributed by atoms with Crippen LogP contribution in [0.1, 0.15) is 0 Å². The minimum atomic E-state index is -0.850. The molecule has 1 aliphatic heterocycles. The highest BCUT2D eigenvalue weighted by molar-refractivity contribution is 7.99. The van der Waals surface area contributed by atoms with E-state index < -0.39 is 17.5 Å². The van der Waals surface area contributed by atoms with Gasteiger partial charge in [-0.15, -0.1) is 10.2 Å². The largest absolute Gasteiger partial charge is 0.486 e. The molecule has 2 heterocycles. The van der Waals surface area contributed by atoms with Crippen LogP contribution in [0.15, 0.2) is 46.0 Å². The average Bonchev–Trinajstić information content (AvgIpc) is 3.17. The van der Waals surface area contributed by atoms with Gasteiger partial charge in [-0.2, -0.15) is 0 Å². The van der Waals surface area contributed by atoms with Gasteiger partial charge in [-0.25, -0.2) is 8.78 Å². The molecule has 1 amide bonds. The van der Waals surface area contributed by atoms with E-state index in [4.69, 9.17) is 13.9 Å². The molecular weight excluding hydrogens is 392 g/mol.